The van der Waals surface area contributed by atoms with Gasteiger partial charge in [-0.25, -0.2) is 4.39 Å². The number of hydrogen-bond acceptors (Lipinski definition) is 4. The van der Waals surface area contributed by atoms with Crippen molar-refractivity contribution in [1.82, 2.24) is 0 Å². The van der Waals surface area contributed by atoms with Crippen LogP contribution in [-0.2, 0) is 17.0 Å². The first-order valence-electron chi connectivity index (χ1n) is 8.75. The van der Waals surface area contributed by atoms with E-state index in [9.17, 15) is 40.8 Å². The molecule has 2 aromatic rings. The normalized spacial score (nSPS) is 12.4. The molecule has 0 aromatic heterocycles. The Bertz CT molecular complexity index is 1040. The van der Waals surface area contributed by atoms with E-state index in [0.29, 0.717) is 0 Å². The van der Waals surface area contributed by atoms with Gasteiger partial charge in [0.05, 0.1) is 17.9 Å². The van der Waals surface area contributed by atoms with Gasteiger partial charge < -0.3 is 15.8 Å². The van der Waals surface area contributed by atoms with Crippen molar-refractivity contribution >= 4 is 17.3 Å². The van der Waals surface area contributed by atoms with E-state index in [1.165, 1.54) is 30.3 Å². The summed E-state index contributed by atoms with van der Waals surface area (Å²) in [7, 11) is 1.05. The van der Waals surface area contributed by atoms with Crippen LogP contribution in [-0.4, -0.2) is 25.4 Å². The van der Waals surface area contributed by atoms with E-state index in [1.54, 1.807) is 6.07 Å². The Balaban J connectivity index is 2.89. The van der Waals surface area contributed by atoms with Crippen molar-refractivity contribution in [2.75, 3.05) is 18.2 Å². The summed E-state index contributed by atoms with van der Waals surface area (Å²) in [4.78, 5) is 12.5. The van der Waals surface area contributed by atoms with Crippen molar-refractivity contribution in [2.45, 2.75) is 31.6 Å². The van der Waals surface area contributed by atoms with Gasteiger partial charge in [-0.05, 0) is 24.6 Å². The largest absolute Gasteiger partial charge is 0.436 e. The molecule has 1 amide bonds. The molecule has 0 unspecified atom stereocenters. The van der Waals surface area contributed by atoms with Crippen LogP contribution in [0.5, 0.6) is 0 Å². The lowest BCUT2D eigenvalue weighted by Gasteiger charge is -2.33. The van der Waals surface area contributed by atoms with E-state index in [0.717, 1.165) is 14.0 Å². The summed E-state index contributed by atoms with van der Waals surface area (Å²) in [5.41, 5.74) is -6.45. The van der Waals surface area contributed by atoms with Gasteiger partial charge in [0, 0.05) is 29.5 Å². The van der Waals surface area contributed by atoms with E-state index in [-0.39, 0.29) is 11.3 Å². The number of nitrogens with two attached hydrogens (primary N) is 1. The van der Waals surface area contributed by atoms with E-state index in [1.807, 2.05) is 0 Å². The summed E-state index contributed by atoms with van der Waals surface area (Å²) in [6.45, 7) is 0.278. The third-order valence-corrected chi connectivity index (χ3v) is 4.70. The number of nitrogen functional groups attached to an aromatic ring is 1. The minimum atomic E-state index is -6.49. The maximum absolute atomic E-state index is 14.9. The Morgan fingerprint density at radius 2 is 1.62 bits per heavy atom. The molecule has 2 rings (SSSR count). The molecule has 0 saturated heterocycles. The molecule has 2 aromatic carbocycles. The average molecular weight is 463 g/mol. The van der Waals surface area contributed by atoms with Crippen molar-refractivity contribution < 1.29 is 40.3 Å². The zero-order chi connectivity index (χ0) is 24.5. The first-order valence-corrected chi connectivity index (χ1v) is 8.75. The molecule has 5 nitrogen and oxygen atoms in total. The molecule has 12 heteroatoms. The number of nitrogens with one attached hydrogen (secondary N) is 1. The minimum absolute atomic E-state index is 0.0989. The second kappa shape index (κ2) is 8.66. The minimum Gasteiger partial charge on any atom is -0.398 e. The van der Waals surface area contributed by atoms with Gasteiger partial charge in [-0.15, -0.1) is 0 Å². The van der Waals surface area contributed by atoms with Crippen molar-refractivity contribution in [2.24, 2.45) is 0 Å². The van der Waals surface area contributed by atoms with E-state index < -0.39 is 58.5 Å². The lowest BCUT2D eigenvalue weighted by atomic mass is 9.83. The average Bonchev–Trinajstić information content (AvgIpc) is 2.71. The topological polar surface area (TPSA) is 88.1 Å². The third-order valence-electron chi connectivity index (χ3n) is 4.70. The highest BCUT2D eigenvalue weighted by Gasteiger charge is 2.75. The fourth-order valence-electron chi connectivity index (χ4n) is 3.12. The molecule has 0 bridgehead atoms. The summed E-state index contributed by atoms with van der Waals surface area (Å²) < 4.78 is 100. The Kier molecular flexibility index (Phi) is 6.75. The lowest BCUT2D eigenvalue weighted by molar-refractivity contribution is -0.348. The van der Waals surface area contributed by atoms with E-state index in [2.05, 4.69) is 5.32 Å². The number of benzene rings is 2. The highest BCUT2D eigenvalue weighted by atomic mass is 19.4. The Morgan fingerprint density at radius 3 is 2.06 bits per heavy atom. The summed E-state index contributed by atoms with van der Waals surface area (Å²) in [6.07, 6.45) is -13.0. The monoisotopic (exact) mass is 463 g/mol. The first kappa shape index (κ1) is 24.9. The van der Waals surface area contributed by atoms with Crippen molar-refractivity contribution in [1.29, 1.82) is 5.26 Å². The number of alkyl halides is 7. The molecule has 0 radical (unpaired) electrons. The number of anilines is 2. The van der Waals surface area contributed by atoms with Crippen LogP contribution in [0.15, 0.2) is 30.3 Å². The zero-order valence-electron chi connectivity index (χ0n) is 16.6. The summed E-state index contributed by atoms with van der Waals surface area (Å²) in [5, 5.41) is 11.8. The second-order valence-electron chi connectivity index (χ2n) is 6.66. The summed E-state index contributed by atoms with van der Waals surface area (Å²) in [6, 6.07) is 8.59. The SMILES string of the molecule is COCc1c(C#N)c(C(F)(C(F)(F)F)C(F)(F)F)c(N)c(C)c1NC(=O)c1ccccc1. The quantitative estimate of drug-likeness (QED) is 0.475. The number of nitriles is 1. The van der Waals surface area contributed by atoms with E-state index in [4.69, 9.17) is 10.5 Å². The number of ether oxygens (including phenoxy) is 1. The summed E-state index contributed by atoms with van der Waals surface area (Å²) >= 11 is 0. The molecular weight excluding hydrogens is 447 g/mol. The predicted octanol–water partition coefficient (Wildman–Crippen LogP) is 5.14. The fourth-order valence-corrected chi connectivity index (χ4v) is 3.12. The van der Waals surface area contributed by atoms with Crippen LogP contribution in [0.4, 0.5) is 42.1 Å². The van der Waals surface area contributed by atoms with Crippen LogP contribution in [0.1, 0.15) is 32.6 Å². The molecule has 32 heavy (non-hydrogen) atoms. The number of nitrogens with zero attached hydrogens (tertiary/aromatic N) is 1. The Labute approximate surface area is 177 Å². The Hall–Kier alpha value is -3.33. The molecule has 0 atom stereocenters. The lowest BCUT2D eigenvalue weighted by Crippen LogP contribution is -2.51. The van der Waals surface area contributed by atoms with Gasteiger partial charge in [0.15, 0.2) is 0 Å². The molecule has 0 saturated carbocycles. The molecular formula is C20H16F7N3O2. The number of rotatable bonds is 5. The van der Waals surface area contributed by atoms with Gasteiger partial charge in [0.1, 0.15) is 6.07 Å². The molecule has 3 N–H and O–H groups in total. The Morgan fingerprint density at radius 1 is 1.09 bits per heavy atom. The number of carbonyl (C=O) groups is 1. The van der Waals surface area contributed by atoms with Gasteiger partial charge in [-0.1, -0.05) is 18.2 Å². The van der Waals surface area contributed by atoms with Crippen LogP contribution >= 0.6 is 0 Å². The number of methoxy groups -OCH3 is 1. The van der Waals surface area contributed by atoms with Crippen molar-refractivity contribution in [3.8, 4) is 6.07 Å². The van der Waals surface area contributed by atoms with Crippen LogP contribution < -0.4 is 11.1 Å². The molecule has 0 heterocycles. The molecule has 0 fully saturated rings. The number of amides is 1. The molecule has 0 aliphatic carbocycles. The predicted molar refractivity (Wildman–Crippen MR) is 100 cm³/mol. The first-order chi connectivity index (χ1) is 14.7. The molecule has 172 valence electrons. The van der Waals surface area contributed by atoms with Crippen molar-refractivity contribution in [3.05, 3.63) is 58.1 Å². The number of hydrogen-bond donors (Lipinski definition) is 2. The van der Waals surface area contributed by atoms with Crippen molar-refractivity contribution in [3.63, 3.8) is 0 Å². The standard InChI is InChI=1S/C20H16F7N3O2/c1-10-15(29)14(18(21,19(22,23)24)20(25,26)27)12(8-28)13(9-32-2)16(10)30-17(31)11-6-4-3-5-7-11/h3-7H,9,29H2,1-2H3,(H,30,31). The maximum Gasteiger partial charge on any atom is 0.436 e. The number of carbonyl (C=O) groups excluding carboxylic acids is 1. The molecule has 0 spiro atoms. The third kappa shape index (κ3) is 4.08. The van der Waals surface area contributed by atoms with Gasteiger partial charge in [-0.2, -0.15) is 31.6 Å². The highest BCUT2D eigenvalue weighted by molar-refractivity contribution is 6.05. The second-order valence-corrected chi connectivity index (χ2v) is 6.66. The smallest absolute Gasteiger partial charge is 0.398 e. The van der Waals surface area contributed by atoms with Gasteiger partial charge in [-0.3, -0.25) is 4.79 Å². The van der Waals surface area contributed by atoms with Gasteiger partial charge >= 0.3 is 18.0 Å². The maximum atomic E-state index is 14.9. The van der Waals surface area contributed by atoms with E-state index >= 15 is 0 Å². The van der Waals surface area contributed by atoms with Crippen LogP contribution in [0.2, 0.25) is 0 Å². The van der Waals surface area contributed by atoms with Gasteiger partial charge in [0.2, 0.25) is 0 Å². The van der Waals surface area contributed by atoms with Gasteiger partial charge in [0.25, 0.3) is 5.91 Å². The summed E-state index contributed by atoms with van der Waals surface area (Å²) in [5.74, 6) is -0.791. The fraction of sp³-hybridized carbons (Fsp3) is 0.300. The van der Waals surface area contributed by atoms with Crippen LogP contribution in [0, 0.1) is 18.3 Å². The van der Waals surface area contributed by atoms with Crippen LogP contribution in [0.3, 0.4) is 0 Å². The molecule has 0 aliphatic rings. The molecule has 0 aliphatic heterocycles. The number of halogens is 7. The zero-order valence-corrected chi connectivity index (χ0v) is 16.6. The highest BCUT2D eigenvalue weighted by Crippen LogP contribution is 2.57. The van der Waals surface area contributed by atoms with Crippen LogP contribution in [0.25, 0.3) is 0 Å².